The van der Waals surface area contributed by atoms with E-state index in [9.17, 15) is 13.9 Å². The summed E-state index contributed by atoms with van der Waals surface area (Å²) in [4.78, 5) is 4.30. The molecule has 1 aliphatic carbocycles. The second-order valence-corrected chi connectivity index (χ2v) is 6.70. The molecule has 1 aromatic rings. The normalized spacial score (nSPS) is 19.0. The van der Waals surface area contributed by atoms with Gasteiger partial charge in [-0.05, 0) is 32.9 Å². The number of aliphatic hydroxyl groups is 1. The van der Waals surface area contributed by atoms with Crippen molar-refractivity contribution in [2.75, 3.05) is 11.9 Å². The maximum atomic E-state index is 12.8. The lowest BCUT2D eigenvalue weighted by Crippen LogP contribution is -2.44. The van der Waals surface area contributed by atoms with Gasteiger partial charge in [0.2, 0.25) is 0 Å². The van der Waals surface area contributed by atoms with Crippen LogP contribution in [-0.2, 0) is 0 Å². The van der Waals surface area contributed by atoms with E-state index in [4.69, 9.17) is 0 Å². The van der Waals surface area contributed by atoms with Crippen molar-refractivity contribution in [2.45, 2.75) is 57.2 Å². The van der Waals surface area contributed by atoms with Gasteiger partial charge in [-0.3, -0.25) is 0 Å². The van der Waals surface area contributed by atoms with E-state index in [1.165, 1.54) is 0 Å². The Labute approximate surface area is 137 Å². The topological polar surface area (TPSA) is 57.2 Å². The van der Waals surface area contributed by atoms with Gasteiger partial charge in [0.1, 0.15) is 11.9 Å². The van der Waals surface area contributed by atoms with Gasteiger partial charge in [-0.1, -0.05) is 6.07 Å². The fourth-order valence-electron chi connectivity index (χ4n) is 2.20. The summed E-state index contributed by atoms with van der Waals surface area (Å²) in [7, 11) is 0. The molecule has 4 nitrogen and oxygen atoms in total. The summed E-state index contributed by atoms with van der Waals surface area (Å²) in [5.74, 6) is -2.02. The minimum Gasteiger partial charge on any atom is -0.385 e. The number of hydrogen-bond acceptors (Lipinski definition) is 4. The van der Waals surface area contributed by atoms with E-state index in [0.717, 1.165) is 0 Å². The second kappa shape index (κ2) is 7.10. The molecule has 1 saturated carbocycles. The van der Waals surface area contributed by atoms with Crippen LogP contribution in [0.1, 0.15) is 45.4 Å². The van der Waals surface area contributed by atoms with Crippen molar-refractivity contribution in [3.8, 4) is 0 Å². The largest absolute Gasteiger partial charge is 0.385 e. The van der Waals surface area contributed by atoms with E-state index in [0.29, 0.717) is 18.1 Å². The van der Waals surface area contributed by atoms with Crippen molar-refractivity contribution in [1.82, 2.24) is 10.3 Å². The highest BCUT2D eigenvalue weighted by atomic mass is 32.1. The average Bonchev–Trinajstić information content (AvgIpc) is 2.33. The summed E-state index contributed by atoms with van der Waals surface area (Å²) >= 11 is 0. The van der Waals surface area contributed by atoms with Crippen molar-refractivity contribution in [3.05, 3.63) is 23.9 Å². The van der Waals surface area contributed by atoms with Crippen LogP contribution >= 0.6 is 13.5 Å². The first-order chi connectivity index (χ1) is 9.65. The Kier molecular flexibility index (Phi) is 6.18. The summed E-state index contributed by atoms with van der Waals surface area (Å²) < 4.78 is 25.6. The summed E-state index contributed by atoms with van der Waals surface area (Å²) in [5, 5.41) is 16.3. The molecule has 2 rings (SSSR count). The first kappa shape index (κ1) is 19.1. The van der Waals surface area contributed by atoms with E-state index in [2.05, 4.69) is 15.6 Å². The fraction of sp³-hybridized carbons (Fsp3) is 0.667. The molecule has 0 spiro atoms. The highest BCUT2D eigenvalue weighted by Gasteiger charge is 2.45. The van der Waals surface area contributed by atoms with Crippen LogP contribution in [0.4, 0.5) is 14.6 Å². The molecule has 0 amide bonds. The van der Waals surface area contributed by atoms with E-state index in [-0.39, 0.29) is 37.9 Å². The monoisotopic (exact) mass is 333 g/mol. The van der Waals surface area contributed by atoms with Crippen LogP contribution in [0.25, 0.3) is 0 Å². The van der Waals surface area contributed by atoms with Crippen LogP contribution in [-0.4, -0.2) is 34.1 Å². The molecule has 1 aromatic heterocycles. The number of pyridine rings is 1. The van der Waals surface area contributed by atoms with Crippen molar-refractivity contribution in [3.63, 3.8) is 0 Å². The van der Waals surface area contributed by atoms with Gasteiger partial charge in [-0.2, -0.15) is 13.5 Å². The zero-order valence-corrected chi connectivity index (χ0v) is 14.2. The summed E-state index contributed by atoms with van der Waals surface area (Å²) in [6.45, 7) is 6.44. The number of alkyl halides is 2. The number of nitrogens with one attached hydrogen (secondary N) is 2. The van der Waals surface area contributed by atoms with Gasteiger partial charge in [-0.15, -0.1) is 0 Å². The SMILES string of the molecule is CC(C)(C)NC[C@H](O)c1cccc(NC2CC(F)(F)C2)n1.S. The quantitative estimate of drug-likeness (QED) is 0.775. The van der Waals surface area contributed by atoms with Crippen LogP contribution in [0.3, 0.4) is 0 Å². The van der Waals surface area contributed by atoms with E-state index < -0.39 is 12.0 Å². The second-order valence-electron chi connectivity index (χ2n) is 6.70. The molecule has 1 atom stereocenters. The maximum absolute atomic E-state index is 12.8. The van der Waals surface area contributed by atoms with Gasteiger partial charge in [0.05, 0.1) is 5.69 Å². The third-order valence-corrected chi connectivity index (χ3v) is 3.38. The van der Waals surface area contributed by atoms with Crippen molar-refractivity contribution < 1.29 is 13.9 Å². The summed E-state index contributed by atoms with van der Waals surface area (Å²) in [6, 6.07) is 4.98. The van der Waals surface area contributed by atoms with Gasteiger partial charge in [0.15, 0.2) is 0 Å². The fourth-order valence-corrected chi connectivity index (χ4v) is 2.20. The minimum atomic E-state index is -2.55. The van der Waals surface area contributed by atoms with Gasteiger partial charge in [-0.25, -0.2) is 13.8 Å². The highest BCUT2D eigenvalue weighted by molar-refractivity contribution is 7.59. The number of hydrogen-bond donors (Lipinski definition) is 3. The van der Waals surface area contributed by atoms with Gasteiger partial charge in [0, 0.05) is 31.0 Å². The lowest BCUT2D eigenvalue weighted by Gasteiger charge is -2.35. The number of halogens is 2. The molecule has 22 heavy (non-hydrogen) atoms. The summed E-state index contributed by atoms with van der Waals surface area (Å²) in [5.41, 5.74) is 0.441. The standard InChI is InChI=1S/C15H23F2N3O.H2S/c1-14(2,3)18-9-12(21)11-5-4-6-13(20-11)19-10-7-15(16,17)8-10;/h4-6,10,12,18,21H,7-9H2,1-3H3,(H,19,20);1H2/t12-;/m0./s1. The Morgan fingerprint density at radius 1 is 1.36 bits per heavy atom. The van der Waals surface area contributed by atoms with Gasteiger partial charge >= 0.3 is 0 Å². The van der Waals surface area contributed by atoms with E-state index in [1.807, 2.05) is 20.8 Å². The van der Waals surface area contributed by atoms with Crippen LogP contribution in [0.5, 0.6) is 0 Å². The molecule has 7 heteroatoms. The molecule has 1 aliphatic rings. The number of aliphatic hydroxyl groups excluding tert-OH is 1. The van der Waals surface area contributed by atoms with Crippen LogP contribution in [0.15, 0.2) is 18.2 Å². The first-order valence-electron chi connectivity index (χ1n) is 7.19. The summed E-state index contributed by atoms with van der Waals surface area (Å²) in [6.07, 6.45) is -1.05. The lowest BCUT2D eigenvalue weighted by molar-refractivity contribution is -0.0794. The number of aromatic nitrogens is 1. The van der Waals surface area contributed by atoms with Gasteiger partial charge in [0.25, 0.3) is 5.92 Å². The Morgan fingerprint density at radius 2 is 2.00 bits per heavy atom. The number of nitrogens with zero attached hydrogens (tertiary/aromatic N) is 1. The van der Waals surface area contributed by atoms with Crippen LogP contribution < -0.4 is 10.6 Å². The van der Waals surface area contributed by atoms with E-state index in [1.54, 1.807) is 18.2 Å². The van der Waals surface area contributed by atoms with Crippen molar-refractivity contribution in [1.29, 1.82) is 0 Å². The third-order valence-electron chi connectivity index (χ3n) is 3.38. The molecule has 0 aliphatic heterocycles. The van der Waals surface area contributed by atoms with E-state index >= 15 is 0 Å². The highest BCUT2D eigenvalue weighted by Crippen LogP contribution is 2.38. The molecule has 0 radical (unpaired) electrons. The van der Waals surface area contributed by atoms with Crippen molar-refractivity contribution >= 4 is 19.3 Å². The van der Waals surface area contributed by atoms with Gasteiger partial charge < -0.3 is 15.7 Å². The lowest BCUT2D eigenvalue weighted by atomic mass is 9.88. The molecule has 126 valence electrons. The molecule has 1 fully saturated rings. The predicted octanol–water partition coefficient (Wildman–Crippen LogP) is 2.83. The third kappa shape index (κ3) is 5.70. The molecule has 3 N–H and O–H groups in total. The number of anilines is 1. The molecule has 0 unspecified atom stereocenters. The first-order valence-corrected chi connectivity index (χ1v) is 7.19. The Balaban J connectivity index is 0.00000242. The number of β-amino-alcohol motifs (C(OH)–C–C–N with tert-alkyl or cyclic N) is 1. The Morgan fingerprint density at radius 3 is 2.55 bits per heavy atom. The molecular formula is C15H25F2N3OS. The Hall–Kier alpha value is -0.920. The molecule has 0 bridgehead atoms. The molecule has 0 aromatic carbocycles. The molecule has 0 saturated heterocycles. The smallest absolute Gasteiger partial charge is 0.252 e. The Bertz CT molecular complexity index is 486. The molecular weight excluding hydrogens is 308 g/mol. The average molecular weight is 333 g/mol. The van der Waals surface area contributed by atoms with Crippen LogP contribution in [0.2, 0.25) is 0 Å². The predicted molar refractivity (Wildman–Crippen MR) is 88.9 cm³/mol. The zero-order chi connectivity index (χ0) is 15.7. The molecule has 1 heterocycles. The number of rotatable bonds is 5. The minimum absolute atomic E-state index is 0. The maximum Gasteiger partial charge on any atom is 0.252 e. The van der Waals surface area contributed by atoms with Crippen molar-refractivity contribution in [2.24, 2.45) is 0 Å². The zero-order valence-electron chi connectivity index (χ0n) is 13.2. The van der Waals surface area contributed by atoms with Crippen LogP contribution in [0, 0.1) is 0 Å².